The quantitative estimate of drug-likeness (QED) is 0.728. The van der Waals surface area contributed by atoms with E-state index in [1.54, 1.807) is 19.3 Å². The Kier molecular flexibility index (Phi) is 4.45. The van der Waals surface area contributed by atoms with Gasteiger partial charge in [-0.05, 0) is 25.5 Å². The van der Waals surface area contributed by atoms with Crippen molar-refractivity contribution in [3.63, 3.8) is 0 Å². The fourth-order valence-corrected chi connectivity index (χ4v) is 2.50. The van der Waals surface area contributed by atoms with Crippen LogP contribution in [-0.2, 0) is 24.2 Å². The van der Waals surface area contributed by atoms with E-state index in [1.165, 1.54) is 4.57 Å². The molecule has 3 heterocycles. The Bertz CT molecular complexity index is 908. The van der Waals surface area contributed by atoms with Crippen LogP contribution in [0.15, 0.2) is 32.1 Å². The molecular weight excluding hydrogens is 312 g/mol. The number of fused-ring (bicyclic) bond motifs is 1. The first-order valence-electron chi connectivity index (χ1n) is 7.75. The topological polar surface area (TPSA) is 103 Å². The Morgan fingerprint density at radius 3 is 2.96 bits per heavy atom. The Balaban J connectivity index is 1.74. The van der Waals surface area contributed by atoms with Crippen molar-refractivity contribution in [3.8, 4) is 0 Å². The van der Waals surface area contributed by atoms with Gasteiger partial charge in [0.1, 0.15) is 23.5 Å². The fourth-order valence-electron chi connectivity index (χ4n) is 2.50. The van der Waals surface area contributed by atoms with E-state index >= 15 is 0 Å². The van der Waals surface area contributed by atoms with E-state index in [0.29, 0.717) is 36.3 Å². The SMILES string of the molecule is CCc1noc2nc(C)n(CC(=O)NCCc3ccco3)c(=O)c12. The third-order valence-electron chi connectivity index (χ3n) is 3.77. The molecule has 1 amide bonds. The van der Waals surface area contributed by atoms with Crippen LogP contribution < -0.4 is 10.9 Å². The molecule has 24 heavy (non-hydrogen) atoms. The van der Waals surface area contributed by atoms with Crippen LogP contribution in [0.1, 0.15) is 24.2 Å². The Morgan fingerprint density at radius 1 is 1.42 bits per heavy atom. The van der Waals surface area contributed by atoms with Crippen molar-refractivity contribution < 1.29 is 13.7 Å². The van der Waals surface area contributed by atoms with E-state index in [9.17, 15) is 9.59 Å². The van der Waals surface area contributed by atoms with Crippen LogP contribution in [-0.4, -0.2) is 27.2 Å². The third kappa shape index (κ3) is 3.08. The molecule has 1 N–H and O–H groups in total. The van der Waals surface area contributed by atoms with Gasteiger partial charge in [-0.3, -0.25) is 14.2 Å². The van der Waals surface area contributed by atoms with Crippen LogP contribution in [0.2, 0.25) is 0 Å². The van der Waals surface area contributed by atoms with Crippen molar-refractivity contribution in [1.82, 2.24) is 20.0 Å². The zero-order chi connectivity index (χ0) is 17.1. The average Bonchev–Trinajstić information content (AvgIpc) is 3.20. The molecule has 0 spiro atoms. The molecule has 0 unspecified atom stereocenters. The van der Waals surface area contributed by atoms with Gasteiger partial charge in [-0.15, -0.1) is 0 Å². The number of carbonyl (C=O) groups is 1. The summed E-state index contributed by atoms with van der Waals surface area (Å²) in [6, 6.07) is 3.64. The lowest BCUT2D eigenvalue weighted by atomic mass is 10.2. The van der Waals surface area contributed by atoms with Gasteiger partial charge in [-0.1, -0.05) is 12.1 Å². The highest BCUT2D eigenvalue weighted by Gasteiger charge is 2.17. The summed E-state index contributed by atoms with van der Waals surface area (Å²) in [5.41, 5.74) is 0.454. The number of rotatable bonds is 6. The van der Waals surface area contributed by atoms with Gasteiger partial charge < -0.3 is 14.3 Å². The maximum absolute atomic E-state index is 12.6. The predicted molar refractivity (Wildman–Crippen MR) is 85.6 cm³/mol. The molecule has 0 saturated heterocycles. The van der Waals surface area contributed by atoms with Crippen molar-refractivity contribution in [3.05, 3.63) is 46.0 Å². The second kappa shape index (κ2) is 6.69. The lowest BCUT2D eigenvalue weighted by molar-refractivity contribution is -0.121. The summed E-state index contributed by atoms with van der Waals surface area (Å²) in [5.74, 6) is 0.943. The summed E-state index contributed by atoms with van der Waals surface area (Å²) in [4.78, 5) is 28.9. The number of hydrogen-bond donors (Lipinski definition) is 1. The maximum Gasteiger partial charge on any atom is 0.267 e. The van der Waals surface area contributed by atoms with Gasteiger partial charge in [0.15, 0.2) is 0 Å². The monoisotopic (exact) mass is 330 g/mol. The highest BCUT2D eigenvalue weighted by molar-refractivity contribution is 5.78. The third-order valence-corrected chi connectivity index (χ3v) is 3.77. The number of furan rings is 1. The van der Waals surface area contributed by atoms with E-state index < -0.39 is 0 Å². The molecular formula is C16H18N4O4. The van der Waals surface area contributed by atoms with Gasteiger partial charge in [0.25, 0.3) is 11.3 Å². The standard InChI is InChI=1S/C16H18N4O4/c1-3-12-14-15(24-19-12)18-10(2)20(16(14)22)9-13(21)17-7-6-11-5-4-8-23-11/h4-5,8H,3,6-7,9H2,1-2H3,(H,17,21). The molecule has 3 aromatic heterocycles. The van der Waals surface area contributed by atoms with Crippen molar-refractivity contribution in [2.75, 3.05) is 6.54 Å². The molecule has 0 atom stereocenters. The lowest BCUT2D eigenvalue weighted by Crippen LogP contribution is -2.34. The van der Waals surface area contributed by atoms with Crippen LogP contribution >= 0.6 is 0 Å². The van der Waals surface area contributed by atoms with Crippen LogP contribution in [0.5, 0.6) is 0 Å². The summed E-state index contributed by atoms with van der Waals surface area (Å²) in [6.45, 7) is 3.87. The van der Waals surface area contributed by atoms with E-state index in [2.05, 4.69) is 15.5 Å². The molecule has 8 heteroatoms. The van der Waals surface area contributed by atoms with Gasteiger partial charge in [0.05, 0.1) is 12.0 Å². The average molecular weight is 330 g/mol. The largest absolute Gasteiger partial charge is 0.469 e. The number of hydrogen-bond acceptors (Lipinski definition) is 6. The highest BCUT2D eigenvalue weighted by Crippen LogP contribution is 2.13. The molecule has 3 rings (SSSR count). The fraction of sp³-hybridized carbons (Fsp3) is 0.375. The number of aryl methyl sites for hydroxylation is 2. The van der Waals surface area contributed by atoms with E-state index in [0.717, 1.165) is 5.76 Å². The molecule has 8 nitrogen and oxygen atoms in total. The number of amides is 1. The smallest absolute Gasteiger partial charge is 0.267 e. The highest BCUT2D eigenvalue weighted by atomic mass is 16.5. The lowest BCUT2D eigenvalue weighted by Gasteiger charge is -2.09. The summed E-state index contributed by atoms with van der Waals surface area (Å²) in [7, 11) is 0. The molecule has 0 saturated carbocycles. The minimum atomic E-state index is -0.309. The summed E-state index contributed by atoms with van der Waals surface area (Å²) in [6.07, 6.45) is 2.74. The van der Waals surface area contributed by atoms with Crippen LogP contribution in [0, 0.1) is 6.92 Å². The predicted octanol–water partition coefficient (Wildman–Crippen LogP) is 1.21. The summed E-state index contributed by atoms with van der Waals surface area (Å²) >= 11 is 0. The Morgan fingerprint density at radius 2 is 2.25 bits per heavy atom. The zero-order valence-electron chi connectivity index (χ0n) is 13.5. The molecule has 0 bridgehead atoms. The first-order chi connectivity index (χ1) is 11.6. The molecule has 3 aromatic rings. The zero-order valence-corrected chi connectivity index (χ0v) is 13.5. The molecule has 0 radical (unpaired) electrons. The minimum Gasteiger partial charge on any atom is -0.469 e. The molecule has 0 fully saturated rings. The van der Waals surface area contributed by atoms with Gasteiger partial charge in [0, 0.05) is 13.0 Å². The second-order valence-electron chi connectivity index (χ2n) is 5.39. The van der Waals surface area contributed by atoms with Crippen LogP contribution in [0.3, 0.4) is 0 Å². The van der Waals surface area contributed by atoms with Crippen LogP contribution in [0.4, 0.5) is 0 Å². The Labute approximate surface area is 137 Å². The van der Waals surface area contributed by atoms with Crippen molar-refractivity contribution in [2.45, 2.75) is 33.2 Å². The van der Waals surface area contributed by atoms with E-state index in [-0.39, 0.29) is 23.7 Å². The van der Waals surface area contributed by atoms with Crippen molar-refractivity contribution in [2.24, 2.45) is 0 Å². The van der Waals surface area contributed by atoms with Gasteiger partial charge in [-0.25, -0.2) is 0 Å². The maximum atomic E-state index is 12.6. The van der Waals surface area contributed by atoms with Gasteiger partial charge >= 0.3 is 0 Å². The molecule has 0 aliphatic carbocycles. The Hall–Kier alpha value is -2.90. The minimum absolute atomic E-state index is 0.0971. The van der Waals surface area contributed by atoms with E-state index in [1.807, 2.05) is 13.0 Å². The first kappa shape index (κ1) is 16.0. The second-order valence-corrected chi connectivity index (χ2v) is 5.39. The number of aromatic nitrogens is 3. The van der Waals surface area contributed by atoms with Crippen molar-refractivity contribution >= 4 is 17.0 Å². The van der Waals surface area contributed by atoms with Gasteiger partial charge in [-0.2, -0.15) is 4.98 Å². The summed E-state index contributed by atoms with van der Waals surface area (Å²) in [5, 5.41) is 6.96. The van der Waals surface area contributed by atoms with Crippen LogP contribution in [0.25, 0.3) is 11.1 Å². The molecule has 126 valence electrons. The normalized spacial score (nSPS) is 11.1. The number of nitrogens with zero attached hydrogens (tertiary/aromatic N) is 3. The number of nitrogens with one attached hydrogen (secondary N) is 1. The number of carbonyl (C=O) groups excluding carboxylic acids is 1. The van der Waals surface area contributed by atoms with E-state index in [4.69, 9.17) is 8.94 Å². The first-order valence-corrected chi connectivity index (χ1v) is 7.75. The van der Waals surface area contributed by atoms with Gasteiger partial charge in [0.2, 0.25) is 5.91 Å². The molecule has 0 aliphatic heterocycles. The summed E-state index contributed by atoms with van der Waals surface area (Å²) < 4.78 is 11.6. The van der Waals surface area contributed by atoms with Crippen molar-refractivity contribution in [1.29, 1.82) is 0 Å². The molecule has 0 aliphatic rings. The molecule has 0 aromatic carbocycles.